The molecule has 0 aliphatic heterocycles. The molecule has 0 amide bonds. The van der Waals surface area contributed by atoms with Crippen molar-refractivity contribution in [1.82, 2.24) is 9.55 Å². The Balaban J connectivity index is 2.06. The summed E-state index contributed by atoms with van der Waals surface area (Å²) in [7, 11) is 2.10. The third-order valence-electron chi connectivity index (χ3n) is 3.44. The van der Waals surface area contributed by atoms with Crippen LogP contribution in [0.1, 0.15) is 24.2 Å². The summed E-state index contributed by atoms with van der Waals surface area (Å²) < 4.78 is 2.22. The predicted octanol–water partition coefficient (Wildman–Crippen LogP) is 1.98. The normalized spacial score (nSPS) is 15.9. The average Bonchev–Trinajstić information content (AvgIpc) is 3.06. The molecule has 3 heteroatoms. The standard InChI is InChI=1S/C13H17N3/c1-16-12-6-10(8-14)4-5-11(12)15-13(16)7-9-2-3-9/h4-6,9H,2-3,7-8,14H2,1H3. The van der Waals surface area contributed by atoms with Crippen molar-refractivity contribution in [2.75, 3.05) is 0 Å². The summed E-state index contributed by atoms with van der Waals surface area (Å²) in [5.74, 6) is 2.09. The van der Waals surface area contributed by atoms with Crippen LogP contribution in [0.15, 0.2) is 18.2 Å². The van der Waals surface area contributed by atoms with Crippen molar-refractivity contribution in [3.8, 4) is 0 Å². The van der Waals surface area contributed by atoms with E-state index in [1.54, 1.807) is 0 Å². The van der Waals surface area contributed by atoms with E-state index in [2.05, 4.69) is 34.8 Å². The lowest BCUT2D eigenvalue weighted by Gasteiger charge is -2.01. The molecule has 0 spiro atoms. The maximum atomic E-state index is 5.66. The molecule has 3 nitrogen and oxygen atoms in total. The molecule has 2 aromatic rings. The summed E-state index contributed by atoms with van der Waals surface area (Å²) >= 11 is 0. The number of nitrogens with two attached hydrogens (primary N) is 1. The van der Waals surface area contributed by atoms with Crippen molar-refractivity contribution in [3.63, 3.8) is 0 Å². The van der Waals surface area contributed by atoms with Gasteiger partial charge in [-0.15, -0.1) is 0 Å². The van der Waals surface area contributed by atoms with Crippen molar-refractivity contribution in [2.24, 2.45) is 18.7 Å². The molecule has 84 valence electrons. The lowest BCUT2D eigenvalue weighted by molar-refractivity contribution is 0.727. The van der Waals surface area contributed by atoms with Crippen LogP contribution in [-0.4, -0.2) is 9.55 Å². The van der Waals surface area contributed by atoms with E-state index >= 15 is 0 Å². The molecule has 0 radical (unpaired) electrons. The van der Waals surface area contributed by atoms with E-state index in [4.69, 9.17) is 5.73 Å². The van der Waals surface area contributed by atoms with Crippen LogP contribution in [0.2, 0.25) is 0 Å². The van der Waals surface area contributed by atoms with Crippen molar-refractivity contribution in [2.45, 2.75) is 25.8 Å². The lowest BCUT2D eigenvalue weighted by Crippen LogP contribution is -1.99. The van der Waals surface area contributed by atoms with Gasteiger partial charge in [-0.2, -0.15) is 0 Å². The van der Waals surface area contributed by atoms with E-state index in [0.29, 0.717) is 6.54 Å². The quantitative estimate of drug-likeness (QED) is 0.850. The molecule has 1 aliphatic rings. The Morgan fingerprint density at radius 1 is 1.44 bits per heavy atom. The van der Waals surface area contributed by atoms with Gasteiger partial charge in [0.2, 0.25) is 0 Å². The molecule has 1 saturated carbocycles. The number of nitrogens with zero attached hydrogens (tertiary/aromatic N) is 2. The van der Waals surface area contributed by atoms with Gasteiger partial charge in [-0.25, -0.2) is 4.98 Å². The van der Waals surface area contributed by atoms with Gasteiger partial charge in [-0.3, -0.25) is 0 Å². The third-order valence-corrected chi connectivity index (χ3v) is 3.44. The number of hydrogen-bond donors (Lipinski definition) is 1. The first kappa shape index (κ1) is 9.85. The summed E-state index contributed by atoms with van der Waals surface area (Å²) in [5, 5.41) is 0. The molecular formula is C13H17N3. The topological polar surface area (TPSA) is 43.8 Å². The van der Waals surface area contributed by atoms with E-state index in [1.165, 1.54) is 29.7 Å². The summed E-state index contributed by atoms with van der Waals surface area (Å²) in [6, 6.07) is 6.29. The zero-order valence-corrected chi connectivity index (χ0v) is 9.61. The van der Waals surface area contributed by atoms with Gasteiger partial charge in [0.05, 0.1) is 11.0 Å². The molecule has 1 aromatic carbocycles. The minimum Gasteiger partial charge on any atom is -0.331 e. The largest absolute Gasteiger partial charge is 0.331 e. The highest BCUT2D eigenvalue weighted by molar-refractivity contribution is 5.76. The molecule has 1 heterocycles. The lowest BCUT2D eigenvalue weighted by atomic mass is 10.2. The maximum absolute atomic E-state index is 5.66. The minimum absolute atomic E-state index is 0.596. The van der Waals surface area contributed by atoms with Crippen molar-refractivity contribution >= 4 is 11.0 Å². The number of imidazole rings is 1. The summed E-state index contributed by atoms with van der Waals surface area (Å²) in [6.45, 7) is 0.596. The van der Waals surface area contributed by atoms with E-state index in [1.807, 2.05) is 0 Å². The monoisotopic (exact) mass is 215 g/mol. The van der Waals surface area contributed by atoms with Crippen LogP contribution in [0.25, 0.3) is 11.0 Å². The number of fused-ring (bicyclic) bond motifs is 1. The van der Waals surface area contributed by atoms with Crippen LogP contribution in [0.4, 0.5) is 0 Å². The van der Waals surface area contributed by atoms with Gasteiger partial charge in [-0.1, -0.05) is 6.07 Å². The SMILES string of the molecule is Cn1c(CC2CC2)nc2ccc(CN)cc21. The Labute approximate surface area is 95.3 Å². The molecule has 1 aromatic heterocycles. The second kappa shape index (κ2) is 3.59. The highest BCUT2D eigenvalue weighted by Crippen LogP contribution is 2.33. The Bertz CT molecular complexity index is 523. The molecule has 2 N–H and O–H groups in total. The smallest absolute Gasteiger partial charge is 0.109 e. The van der Waals surface area contributed by atoms with Gasteiger partial charge in [0.1, 0.15) is 5.82 Å². The Morgan fingerprint density at radius 3 is 2.94 bits per heavy atom. The number of benzene rings is 1. The Kier molecular flexibility index (Phi) is 2.21. The Hall–Kier alpha value is -1.35. The highest BCUT2D eigenvalue weighted by atomic mass is 15.1. The molecule has 0 unspecified atom stereocenters. The van der Waals surface area contributed by atoms with E-state index < -0.39 is 0 Å². The fourth-order valence-corrected chi connectivity index (χ4v) is 2.18. The first-order valence-electron chi connectivity index (χ1n) is 5.92. The van der Waals surface area contributed by atoms with Gasteiger partial charge in [0.25, 0.3) is 0 Å². The zero-order chi connectivity index (χ0) is 11.1. The molecule has 3 rings (SSSR count). The fraction of sp³-hybridized carbons (Fsp3) is 0.462. The summed E-state index contributed by atoms with van der Waals surface area (Å²) in [6.07, 6.45) is 3.87. The molecule has 0 bridgehead atoms. The zero-order valence-electron chi connectivity index (χ0n) is 9.61. The van der Waals surface area contributed by atoms with Gasteiger partial charge in [0, 0.05) is 20.0 Å². The van der Waals surface area contributed by atoms with E-state index in [9.17, 15) is 0 Å². The second-order valence-electron chi connectivity index (χ2n) is 4.76. The first-order valence-corrected chi connectivity index (χ1v) is 5.92. The van der Waals surface area contributed by atoms with Crippen LogP contribution in [-0.2, 0) is 20.0 Å². The van der Waals surface area contributed by atoms with Gasteiger partial charge >= 0.3 is 0 Å². The average molecular weight is 215 g/mol. The van der Waals surface area contributed by atoms with Crippen molar-refractivity contribution in [1.29, 1.82) is 0 Å². The molecular weight excluding hydrogens is 198 g/mol. The first-order chi connectivity index (χ1) is 7.78. The minimum atomic E-state index is 0.596. The number of aryl methyl sites for hydroxylation is 1. The fourth-order valence-electron chi connectivity index (χ4n) is 2.18. The summed E-state index contributed by atoms with van der Waals surface area (Å²) in [5.41, 5.74) is 9.13. The van der Waals surface area contributed by atoms with Crippen LogP contribution in [0, 0.1) is 5.92 Å². The van der Waals surface area contributed by atoms with Crippen LogP contribution >= 0.6 is 0 Å². The highest BCUT2D eigenvalue weighted by Gasteiger charge is 2.23. The number of hydrogen-bond acceptors (Lipinski definition) is 2. The van der Waals surface area contributed by atoms with E-state index in [-0.39, 0.29) is 0 Å². The van der Waals surface area contributed by atoms with E-state index in [0.717, 1.165) is 17.9 Å². The third kappa shape index (κ3) is 1.61. The van der Waals surface area contributed by atoms with Gasteiger partial charge in [0.15, 0.2) is 0 Å². The van der Waals surface area contributed by atoms with Crippen molar-refractivity contribution in [3.05, 3.63) is 29.6 Å². The Morgan fingerprint density at radius 2 is 2.25 bits per heavy atom. The predicted molar refractivity (Wildman–Crippen MR) is 65.0 cm³/mol. The molecule has 1 aliphatic carbocycles. The molecule has 1 fully saturated rings. The number of aromatic nitrogens is 2. The summed E-state index contributed by atoms with van der Waals surface area (Å²) in [4.78, 5) is 4.69. The van der Waals surface area contributed by atoms with Crippen LogP contribution in [0.3, 0.4) is 0 Å². The molecule has 0 atom stereocenters. The molecule has 16 heavy (non-hydrogen) atoms. The number of rotatable bonds is 3. The van der Waals surface area contributed by atoms with Crippen LogP contribution < -0.4 is 5.73 Å². The maximum Gasteiger partial charge on any atom is 0.109 e. The molecule has 0 saturated heterocycles. The second-order valence-corrected chi connectivity index (χ2v) is 4.76. The van der Waals surface area contributed by atoms with Crippen molar-refractivity contribution < 1.29 is 0 Å². The van der Waals surface area contributed by atoms with Crippen LogP contribution in [0.5, 0.6) is 0 Å². The van der Waals surface area contributed by atoms with Gasteiger partial charge in [-0.05, 0) is 36.5 Å². The van der Waals surface area contributed by atoms with Gasteiger partial charge < -0.3 is 10.3 Å².